The van der Waals surface area contributed by atoms with Gasteiger partial charge in [0.05, 0.1) is 0 Å². The van der Waals surface area contributed by atoms with Crippen LogP contribution in [0.1, 0.15) is 20.8 Å². The van der Waals surface area contributed by atoms with Crippen LogP contribution >= 0.6 is 11.6 Å². The van der Waals surface area contributed by atoms with E-state index < -0.39 is 0 Å². The fraction of sp³-hybridized carbons (Fsp3) is 0.750. The number of halogens is 1. The summed E-state index contributed by atoms with van der Waals surface area (Å²) in [6.07, 6.45) is 2.09. The second kappa shape index (κ2) is 2.02. The Morgan fingerprint density at radius 1 is 1.44 bits per heavy atom. The van der Waals surface area contributed by atoms with Crippen LogP contribution in [-0.2, 0) is 0 Å². The van der Waals surface area contributed by atoms with Gasteiger partial charge in [0.1, 0.15) is 0 Å². The van der Waals surface area contributed by atoms with Gasteiger partial charge in [-0.05, 0) is 17.3 Å². The molecule has 1 saturated carbocycles. The van der Waals surface area contributed by atoms with Crippen molar-refractivity contribution < 1.29 is 0 Å². The Labute approximate surface area is 61.9 Å². The lowest BCUT2D eigenvalue weighted by Crippen LogP contribution is -1.86. The molecule has 0 amide bonds. The summed E-state index contributed by atoms with van der Waals surface area (Å²) in [6.45, 7) is 6.82. The largest absolute Gasteiger partial charge is 0.0933 e. The summed E-state index contributed by atoms with van der Waals surface area (Å²) < 4.78 is 0. The van der Waals surface area contributed by atoms with Gasteiger partial charge in [0.25, 0.3) is 0 Å². The van der Waals surface area contributed by atoms with E-state index in [2.05, 4.69) is 26.8 Å². The molecule has 0 nitrogen and oxygen atoms in total. The number of allylic oxidation sites excluding steroid dienone is 1. The van der Waals surface area contributed by atoms with Crippen molar-refractivity contribution >= 4 is 11.6 Å². The van der Waals surface area contributed by atoms with Gasteiger partial charge in [-0.15, -0.1) is 0 Å². The maximum Gasteiger partial charge on any atom is 0.000556 e. The molecule has 2 atom stereocenters. The zero-order valence-corrected chi connectivity index (χ0v) is 6.94. The molecular formula is C8H13Cl. The van der Waals surface area contributed by atoms with Crippen LogP contribution < -0.4 is 0 Å². The Morgan fingerprint density at radius 2 is 1.89 bits per heavy atom. The first-order valence-corrected chi connectivity index (χ1v) is 3.81. The summed E-state index contributed by atoms with van der Waals surface area (Å²) in [7, 11) is 0. The molecule has 9 heavy (non-hydrogen) atoms. The van der Waals surface area contributed by atoms with E-state index in [0.29, 0.717) is 5.41 Å². The van der Waals surface area contributed by atoms with Gasteiger partial charge >= 0.3 is 0 Å². The van der Waals surface area contributed by atoms with Crippen LogP contribution in [-0.4, -0.2) is 0 Å². The average Bonchev–Trinajstić information content (AvgIpc) is 2.19. The molecule has 0 aromatic heterocycles. The summed E-state index contributed by atoms with van der Waals surface area (Å²) in [5.41, 5.74) is 2.14. The SMILES string of the molecule is CC1C(C=CCl)C1(C)C. The van der Waals surface area contributed by atoms with E-state index in [4.69, 9.17) is 11.6 Å². The standard InChI is InChI=1S/C8H13Cl/c1-6-7(4-5-9)8(6,2)3/h4-7H,1-3H3. The number of hydrogen-bond acceptors (Lipinski definition) is 0. The molecule has 0 spiro atoms. The topological polar surface area (TPSA) is 0 Å². The molecule has 1 aliphatic rings. The fourth-order valence-electron chi connectivity index (χ4n) is 1.43. The van der Waals surface area contributed by atoms with Gasteiger partial charge in [-0.3, -0.25) is 0 Å². The minimum atomic E-state index is 0.505. The van der Waals surface area contributed by atoms with E-state index in [1.807, 2.05) is 0 Å². The van der Waals surface area contributed by atoms with Crippen molar-refractivity contribution in [3.05, 3.63) is 11.6 Å². The molecule has 0 aromatic rings. The summed E-state index contributed by atoms with van der Waals surface area (Å²) in [4.78, 5) is 0. The normalized spacial score (nSPS) is 39.6. The molecule has 0 heterocycles. The van der Waals surface area contributed by atoms with Crippen molar-refractivity contribution in [3.63, 3.8) is 0 Å². The molecule has 0 radical (unpaired) electrons. The molecule has 0 saturated heterocycles. The predicted molar refractivity (Wildman–Crippen MR) is 41.4 cm³/mol. The third-order valence-electron chi connectivity index (χ3n) is 2.74. The zero-order valence-electron chi connectivity index (χ0n) is 6.19. The van der Waals surface area contributed by atoms with Gasteiger partial charge in [-0.2, -0.15) is 0 Å². The molecular weight excluding hydrogens is 132 g/mol. The highest BCUT2D eigenvalue weighted by Crippen LogP contribution is 2.58. The molecule has 0 N–H and O–H groups in total. The quantitative estimate of drug-likeness (QED) is 0.531. The van der Waals surface area contributed by atoms with Crippen molar-refractivity contribution in [1.82, 2.24) is 0 Å². The predicted octanol–water partition coefficient (Wildman–Crippen LogP) is 3.03. The Balaban J connectivity index is 2.52. The molecule has 1 aliphatic carbocycles. The Hall–Kier alpha value is 0.0300. The minimum absolute atomic E-state index is 0.505. The van der Waals surface area contributed by atoms with Gasteiger partial charge < -0.3 is 0 Å². The Bertz CT molecular complexity index is 136. The molecule has 0 bridgehead atoms. The molecule has 1 heteroatoms. The first-order chi connectivity index (χ1) is 4.10. The minimum Gasteiger partial charge on any atom is -0.0933 e. The van der Waals surface area contributed by atoms with Crippen molar-refractivity contribution in [2.45, 2.75) is 20.8 Å². The van der Waals surface area contributed by atoms with Gasteiger partial charge in [0, 0.05) is 5.54 Å². The van der Waals surface area contributed by atoms with Gasteiger partial charge in [-0.1, -0.05) is 38.4 Å². The molecule has 0 aromatic carbocycles. The summed E-state index contributed by atoms with van der Waals surface area (Å²) in [5, 5.41) is 0. The van der Waals surface area contributed by atoms with Gasteiger partial charge in [0.2, 0.25) is 0 Å². The van der Waals surface area contributed by atoms with Crippen LogP contribution in [0.2, 0.25) is 0 Å². The second-order valence-electron chi connectivity index (χ2n) is 3.45. The number of rotatable bonds is 1. The Kier molecular flexibility index (Phi) is 1.60. The van der Waals surface area contributed by atoms with E-state index in [1.165, 1.54) is 0 Å². The summed E-state index contributed by atoms with van der Waals surface area (Å²) in [5.74, 6) is 1.53. The summed E-state index contributed by atoms with van der Waals surface area (Å²) >= 11 is 5.45. The smallest absolute Gasteiger partial charge is 0.000556 e. The fourth-order valence-corrected chi connectivity index (χ4v) is 1.59. The first kappa shape index (κ1) is 7.14. The van der Waals surface area contributed by atoms with Gasteiger partial charge in [-0.25, -0.2) is 0 Å². The lowest BCUT2D eigenvalue weighted by Gasteiger charge is -1.95. The highest BCUT2D eigenvalue weighted by atomic mass is 35.5. The van der Waals surface area contributed by atoms with Crippen LogP contribution in [0, 0.1) is 17.3 Å². The van der Waals surface area contributed by atoms with Crippen LogP contribution in [0.15, 0.2) is 11.6 Å². The molecule has 52 valence electrons. The van der Waals surface area contributed by atoms with Crippen LogP contribution in [0.3, 0.4) is 0 Å². The lowest BCUT2D eigenvalue weighted by atomic mass is 10.1. The third-order valence-corrected chi connectivity index (χ3v) is 2.89. The molecule has 1 rings (SSSR count). The van der Waals surface area contributed by atoms with Crippen molar-refractivity contribution in [2.24, 2.45) is 17.3 Å². The lowest BCUT2D eigenvalue weighted by molar-refractivity contribution is 0.570. The molecule has 2 unspecified atom stereocenters. The van der Waals surface area contributed by atoms with Crippen LogP contribution in [0.4, 0.5) is 0 Å². The molecule has 1 fully saturated rings. The first-order valence-electron chi connectivity index (χ1n) is 3.37. The zero-order chi connectivity index (χ0) is 7.07. The summed E-state index contributed by atoms with van der Waals surface area (Å²) in [6, 6.07) is 0. The Morgan fingerprint density at radius 3 is 2.00 bits per heavy atom. The van der Waals surface area contributed by atoms with E-state index in [0.717, 1.165) is 11.8 Å². The second-order valence-corrected chi connectivity index (χ2v) is 3.71. The number of hydrogen-bond donors (Lipinski definition) is 0. The maximum atomic E-state index is 5.45. The van der Waals surface area contributed by atoms with E-state index in [1.54, 1.807) is 5.54 Å². The highest BCUT2D eigenvalue weighted by Gasteiger charge is 2.52. The maximum absolute atomic E-state index is 5.45. The van der Waals surface area contributed by atoms with E-state index >= 15 is 0 Å². The monoisotopic (exact) mass is 144 g/mol. The van der Waals surface area contributed by atoms with Crippen LogP contribution in [0.25, 0.3) is 0 Å². The van der Waals surface area contributed by atoms with Crippen molar-refractivity contribution in [2.75, 3.05) is 0 Å². The van der Waals surface area contributed by atoms with Crippen molar-refractivity contribution in [1.29, 1.82) is 0 Å². The molecule has 0 aliphatic heterocycles. The highest BCUT2D eigenvalue weighted by molar-refractivity contribution is 6.25. The van der Waals surface area contributed by atoms with E-state index in [-0.39, 0.29) is 0 Å². The van der Waals surface area contributed by atoms with Crippen molar-refractivity contribution in [3.8, 4) is 0 Å². The van der Waals surface area contributed by atoms with E-state index in [9.17, 15) is 0 Å². The average molecular weight is 145 g/mol. The van der Waals surface area contributed by atoms with Gasteiger partial charge in [0.15, 0.2) is 0 Å². The third kappa shape index (κ3) is 1.01. The van der Waals surface area contributed by atoms with Crippen LogP contribution in [0.5, 0.6) is 0 Å².